The van der Waals surface area contributed by atoms with Crippen LogP contribution in [-0.2, 0) is 22.4 Å². The van der Waals surface area contributed by atoms with E-state index in [0.717, 1.165) is 42.7 Å². The number of piperidine rings is 1. The van der Waals surface area contributed by atoms with Crippen LogP contribution in [-0.4, -0.2) is 82.1 Å². The number of likely N-dealkylation sites (N-methyl/N-ethyl adjacent to an activating group) is 1. The number of ether oxygens (including phenoxy) is 1. The van der Waals surface area contributed by atoms with Crippen molar-refractivity contribution in [1.29, 1.82) is 0 Å². The normalized spacial score (nSPS) is 18.1. The molecule has 1 saturated carbocycles. The first-order chi connectivity index (χ1) is 19.4. The van der Waals surface area contributed by atoms with Gasteiger partial charge in [0.1, 0.15) is 11.8 Å². The van der Waals surface area contributed by atoms with E-state index in [0.29, 0.717) is 51.9 Å². The fourth-order valence-corrected chi connectivity index (χ4v) is 6.32. The van der Waals surface area contributed by atoms with Crippen LogP contribution >= 0.6 is 0 Å². The highest BCUT2D eigenvalue weighted by atomic mass is 16.5. The number of methoxy groups -OCH3 is 1. The summed E-state index contributed by atoms with van der Waals surface area (Å²) in [5.74, 6) is -0.0176. The number of nitrogens with zero attached hydrogens (tertiary/aromatic N) is 3. The number of hydrogen-bond acceptors (Lipinski definition) is 5. The first-order valence-electron chi connectivity index (χ1n) is 14.5. The first kappa shape index (κ1) is 29.4. The molecule has 2 fully saturated rings. The van der Waals surface area contributed by atoms with E-state index < -0.39 is 17.4 Å². The molecule has 2 heterocycles. The zero-order valence-electron chi connectivity index (χ0n) is 23.7. The monoisotopic (exact) mass is 553 g/mol. The number of benzene rings is 1. The van der Waals surface area contributed by atoms with Crippen LogP contribution in [0.2, 0.25) is 0 Å². The number of carboxylic acid groups (broad SMARTS) is 1. The van der Waals surface area contributed by atoms with E-state index in [1.165, 1.54) is 6.42 Å². The molecule has 0 bridgehead atoms. The fourth-order valence-electron chi connectivity index (χ4n) is 6.32. The van der Waals surface area contributed by atoms with Gasteiger partial charge in [0.05, 0.1) is 18.9 Å². The van der Waals surface area contributed by atoms with Crippen LogP contribution in [0.15, 0.2) is 36.8 Å². The largest absolute Gasteiger partial charge is 0.497 e. The van der Waals surface area contributed by atoms with Gasteiger partial charge in [0.25, 0.3) is 0 Å². The van der Waals surface area contributed by atoms with Gasteiger partial charge in [-0.15, -0.1) is 0 Å². The van der Waals surface area contributed by atoms with E-state index in [4.69, 9.17) is 4.74 Å². The molecule has 2 aliphatic rings. The van der Waals surface area contributed by atoms with Crippen molar-refractivity contribution < 1.29 is 24.2 Å². The molecule has 10 nitrogen and oxygen atoms in total. The molecule has 1 unspecified atom stereocenters. The van der Waals surface area contributed by atoms with Gasteiger partial charge >= 0.3 is 12.0 Å². The Kier molecular flexibility index (Phi) is 10.1. The van der Waals surface area contributed by atoms with E-state index in [9.17, 15) is 19.5 Å². The predicted octanol–water partition coefficient (Wildman–Crippen LogP) is 3.88. The number of amides is 3. The van der Waals surface area contributed by atoms with Crippen molar-refractivity contribution in [3.05, 3.63) is 48.0 Å². The molecule has 4 rings (SSSR count). The van der Waals surface area contributed by atoms with Gasteiger partial charge in [0, 0.05) is 50.9 Å². The molecule has 1 atom stereocenters. The molecular formula is C30H43N5O5. The molecule has 3 N–H and O–H groups in total. The summed E-state index contributed by atoms with van der Waals surface area (Å²) in [4.78, 5) is 50.2. The number of carbonyl (C=O) groups is 3. The number of carboxylic acids is 1. The number of nitrogens with one attached hydrogen (secondary N) is 2. The molecule has 1 aliphatic carbocycles. The number of hydrogen-bond donors (Lipinski definition) is 3. The molecule has 2 aromatic rings. The number of rotatable bonds is 11. The first-order valence-corrected chi connectivity index (χ1v) is 14.5. The number of likely N-dealkylation sites (tertiary alicyclic amines) is 1. The van der Waals surface area contributed by atoms with Crippen molar-refractivity contribution in [1.82, 2.24) is 25.1 Å². The van der Waals surface area contributed by atoms with Crippen molar-refractivity contribution in [3.63, 3.8) is 0 Å². The molecule has 3 amide bonds. The van der Waals surface area contributed by atoms with Crippen LogP contribution in [0.1, 0.15) is 63.1 Å². The maximum absolute atomic E-state index is 13.9. The second-order valence-corrected chi connectivity index (χ2v) is 11.1. The van der Waals surface area contributed by atoms with Crippen LogP contribution in [0.3, 0.4) is 0 Å². The molecule has 1 aliphatic heterocycles. The maximum atomic E-state index is 13.9. The molecular weight excluding hydrogens is 510 g/mol. The summed E-state index contributed by atoms with van der Waals surface area (Å²) >= 11 is 0. The number of aliphatic carboxylic acids is 1. The lowest BCUT2D eigenvalue weighted by Crippen LogP contribution is -2.57. The molecule has 218 valence electrons. The van der Waals surface area contributed by atoms with Crippen LogP contribution in [0.4, 0.5) is 4.79 Å². The quantitative estimate of drug-likeness (QED) is 0.388. The Morgan fingerprint density at radius 1 is 1.18 bits per heavy atom. The van der Waals surface area contributed by atoms with Gasteiger partial charge in [-0.2, -0.15) is 0 Å². The molecule has 1 aromatic carbocycles. The molecule has 40 heavy (non-hydrogen) atoms. The molecule has 1 aromatic heterocycles. The number of urea groups is 1. The Hall–Kier alpha value is -3.56. The number of H-pyrrole nitrogens is 1. The van der Waals surface area contributed by atoms with Gasteiger partial charge in [0.15, 0.2) is 0 Å². The maximum Gasteiger partial charge on any atom is 0.318 e. The molecule has 0 radical (unpaired) electrons. The highest BCUT2D eigenvalue weighted by Gasteiger charge is 2.48. The Balaban J connectivity index is 1.46. The number of aromatic nitrogens is 2. The van der Waals surface area contributed by atoms with E-state index in [-0.39, 0.29) is 17.9 Å². The summed E-state index contributed by atoms with van der Waals surface area (Å²) in [6, 6.07) is 6.41. The standard InChI is InChI=1S/C30H43N5O5/c1-3-34(16-13-24-20-31-21-32-24)29(39)33-26(19-22-9-11-25(40-2)12-10-22)27(36)35-17-14-30(15-18-35,28(37)38)23-7-5-4-6-8-23/h9-12,20-21,23,26H,3-8,13-19H2,1-2H3,(H,31,32)(H,33,39)(H,37,38). The second kappa shape index (κ2) is 13.7. The Labute approximate surface area is 236 Å². The molecule has 1 saturated heterocycles. The van der Waals surface area contributed by atoms with Crippen molar-refractivity contribution in [3.8, 4) is 5.75 Å². The minimum atomic E-state index is -0.769. The molecule has 10 heteroatoms. The minimum absolute atomic E-state index is 0.166. The predicted molar refractivity (Wildman–Crippen MR) is 151 cm³/mol. The Morgan fingerprint density at radius 3 is 2.45 bits per heavy atom. The van der Waals surface area contributed by atoms with Crippen molar-refractivity contribution in [2.24, 2.45) is 11.3 Å². The van der Waals surface area contributed by atoms with Crippen LogP contribution in [0, 0.1) is 11.3 Å². The SMILES string of the molecule is CCN(CCc1cnc[nH]1)C(=O)NC(Cc1ccc(OC)cc1)C(=O)N1CCC(C(=O)O)(C2CCCCC2)CC1. The third kappa shape index (κ3) is 6.95. The van der Waals surface area contributed by atoms with Crippen molar-refractivity contribution in [2.75, 3.05) is 33.3 Å². The average Bonchev–Trinajstić information content (AvgIpc) is 3.51. The topological polar surface area (TPSA) is 128 Å². The lowest BCUT2D eigenvalue weighted by atomic mass is 9.64. The number of imidazole rings is 1. The summed E-state index contributed by atoms with van der Waals surface area (Å²) in [7, 11) is 1.60. The van der Waals surface area contributed by atoms with Crippen molar-refractivity contribution in [2.45, 2.75) is 70.8 Å². The second-order valence-electron chi connectivity index (χ2n) is 11.1. The van der Waals surface area contributed by atoms with Gasteiger partial charge in [-0.05, 0) is 56.2 Å². The Morgan fingerprint density at radius 2 is 1.88 bits per heavy atom. The zero-order chi connectivity index (χ0) is 28.5. The number of carbonyl (C=O) groups excluding carboxylic acids is 2. The third-order valence-corrected chi connectivity index (χ3v) is 8.85. The zero-order valence-corrected chi connectivity index (χ0v) is 23.7. The summed E-state index contributed by atoms with van der Waals surface area (Å²) in [6.07, 6.45) is 10.4. The van der Waals surface area contributed by atoms with E-state index in [2.05, 4.69) is 15.3 Å². The lowest BCUT2D eigenvalue weighted by Gasteiger charge is -2.45. The number of aromatic amines is 1. The summed E-state index contributed by atoms with van der Waals surface area (Å²) in [6.45, 7) is 3.66. The van der Waals surface area contributed by atoms with Gasteiger partial charge in [-0.25, -0.2) is 9.78 Å². The summed E-state index contributed by atoms with van der Waals surface area (Å²) < 4.78 is 5.27. The lowest BCUT2D eigenvalue weighted by molar-refractivity contribution is -0.160. The van der Waals surface area contributed by atoms with Crippen molar-refractivity contribution >= 4 is 17.9 Å². The van der Waals surface area contributed by atoms with Crippen LogP contribution < -0.4 is 10.1 Å². The minimum Gasteiger partial charge on any atom is -0.497 e. The summed E-state index contributed by atoms with van der Waals surface area (Å²) in [5, 5.41) is 13.3. The van der Waals surface area contributed by atoms with Gasteiger partial charge in [-0.1, -0.05) is 31.4 Å². The third-order valence-electron chi connectivity index (χ3n) is 8.85. The van der Waals surface area contributed by atoms with E-state index >= 15 is 0 Å². The van der Waals surface area contributed by atoms with Gasteiger partial charge in [0.2, 0.25) is 5.91 Å². The fraction of sp³-hybridized carbons (Fsp3) is 0.600. The van der Waals surface area contributed by atoms with Gasteiger partial charge in [-0.3, -0.25) is 9.59 Å². The molecule has 0 spiro atoms. The highest BCUT2D eigenvalue weighted by Crippen LogP contribution is 2.46. The van der Waals surface area contributed by atoms with Crippen LogP contribution in [0.5, 0.6) is 5.75 Å². The van der Waals surface area contributed by atoms with E-state index in [1.807, 2.05) is 31.2 Å². The Bertz CT molecular complexity index is 1110. The summed E-state index contributed by atoms with van der Waals surface area (Å²) in [5.41, 5.74) is 1.07. The smallest absolute Gasteiger partial charge is 0.318 e. The highest BCUT2D eigenvalue weighted by molar-refractivity contribution is 5.88. The van der Waals surface area contributed by atoms with E-state index in [1.54, 1.807) is 29.4 Å². The van der Waals surface area contributed by atoms with Gasteiger partial charge < -0.3 is 29.9 Å². The average molecular weight is 554 g/mol. The van der Waals surface area contributed by atoms with Crippen LogP contribution in [0.25, 0.3) is 0 Å².